The summed E-state index contributed by atoms with van der Waals surface area (Å²) in [6.07, 6.45) is 3.45. The Kier molecular flexibility index (Phi) is 3.34. The van der Waals surface area contributed by atoms with Crippen LogP contribution in [0.4, 0.5) is 5.95 Å². The first-order valence-electron chi connectivity index (χ1n) is 5.32. The normalized spacial score (nSPS) is 10.7. The highest BCUT2D eigenvalue weighted by Gasteiger charge is 2.10. The Morgan fingerprint density at radius 1 is 1.47 bits per heavy atom. The van der Waals surface area contributed by atoms with Crippen molar-refractivity contribution in [3.8, 4) is 11.4 Å². The van der Waals surface area contributed by atoms with Crippen LogP contribution in [0.5, 0.6) is 0 Å². The Balaban J connectivity index is 2.38. The lowest BCUT2D eigenvalue weighted by Gasteiger charge is -2.08. The van der Waals surface area contributed by atoms with E-state index in [9.17, 15) is 0 Å². The van der Waals surface area contributed by atoms with Gasteiger partial charge in [-0.1, -0.05) is 0 Å². The first-order chi connectivity index (χ1) is 8.22. The molecular weight excluding hydrogens is 218 g/mol. The van der Waals surface area contributed by atoms with Gasteiger partial charge in [-0.25, -0.2) is 9.97 Å². The lowest BCUT2D eigenvalue weighted by Crippen LogP contribution is -2.09. The molecule has 0 radical (unpaired) electrons. The predicted octanol–water partition coefficient (Wildman–Crippen LogP) is 0.877. The quantitative estimate of drug-likeness (QED) is 0.848. The number of aromatic nitrogens is 4. The maximum Gasteiger partial charge on any atom is 0.220 e. The average molecular weight is 233 g/mol. The molecule has 2 rings (SSSR count). The van der Waals surface area contributed by atoms with E-state index in [1.807, 2.05) is 17.7 Å². The molecule has 2 aromatic heterocycles. The molecule has 90 valence electrons. The fourth-order valence-corrected chi connectivity index (χ4v) is 1.60. The molecule has 2 heterocycles. The van der Waals surface area contributed by atoms with Crippen LogP contribution in [0, 0.1) is 6.92 Å². The lowest BCUT2D eigenvalue weighted by atomic mass is 10.2. The molecule has 0 aliphatic rings. The highest BCUT2D eigenvalue weighted by atomic mass is 16.5. The van der Waals surface area contributed by atoms with E-state index >= 15 is 0 Å². The summed E-state index contributed by atoms with van der Waals surface area (Å²) >= 11 is 0. The van der Waals surface area contributed by atoms with Crippen LogP contribution in [-0.4, -0.2) is 33.5 Å². The number of hydrogen-bond acceptors (Lipinski definition) is 5. The summed E-state index contributed by atoms with van der Waals surface area (Å²) in [5.74, 6) is 0.269. The molecule has 2 N–H and O–H groups in total. The zero-order valence-electron chi connectivity index (χ0n) is 9.92. The molecule has 0 amide bonds. The Labute approximate surface area is 99.4 Å². The van der Waals surface area contributed by atoms with Crippen molar-refractivity contribution >= 4 is 5.95 Å². The van der Waals surface area contributed by atoms with Crippen LogP contribution >= 0.6 is 0 Å². The first-order valence-corrected chi connectivity index (χ1v) is 5.32. The molecule has 2 aromatic rings. The number of methoxy groups -OCH3 is 1. The number of nitrogens with zero attached hydrogens (tertiary/aromatic N) is 4. The summed E-state index contributed by atoms with van der Waals surface area (Å²) in [6, 6.07) is 1.91. The minimum Gasteiger partial charge on any atom is -0.383 e. The highest BCUT2D eigenvalue weighted by Crippen LogP contribution is 2.20. The van der Waals surface area contributed by atoms with Crippen LogP contribution in [0.3, 0.4) is 0 Å². The zero-order valence-corrected chi connectivity index (χ0v) is 9.92. The smallest absolute Gasteiger partial charge is 0.220 e. The zero-order chi connectivity index (χ0) is 12.3. The molecule has 0 fully saturated rings. The van der Waals surface area contributed by atoms with Crippen molar-refractivity contribution in [1.82, 2.24) is 19.7 Å². The molecule has 0 saturated carbocycles. The van der Waals surface area contributed by atoms with Crippen molar-refractivity contribution in [1.29, 1.82) is 0 Å². The molecular formula is C11H15N5O. The van der Waals surface area contributed by atoms with Gasteiger partial charge < -0.3 is 10.5 Å². The van der Waals surface area contributed by atoms with Crippen molar-refractivity contribution in [3.63, 3.8) is 0 Å². The SMILES string of the molecule is COCCn1nccc1-c1nc(N)ncc1C. The van der Waals surface area contributed by atoms with E-state index < -0.39 is 0 Å². The maximum atomic E-state index is 5.61. The highest BCUT2D eigenvalue weighted by molar-refractivity contribution is 5.59. The van der Waals surface area contributed by atoms with E-state index in [1.165, 1.54) is 0 Å². The van der Waals surface area contributed by atoms with E-state index in [4.69, 9.17) is 10.5 Å². The van der Waals surface area contributed by atoms with E-state index in [0.29, 0.717) is 13.2 Å². The van der Waals surface area contributed by atoms with Gasteiger partial charge >= 0.3 is 0 Å². The second-order valence-electron chi connectivity index (χ2n) is 3.69. The van der Waals surface area contributed by atoms with Crippen LogP contribution in [-0.2, 0) is 11.3 Å². The van der Waals surface area contributed by atoms with Crippen molar-refractivity contribution in [2.24, 2.45) is 0 Å². The van der Waals surface area contributed by atoms with Gasteiger partial charge in [0.05, 0.1) is 24.5 Å². The number of nitrogens with two attached hydrogens (primary N) is 1. The van der Waals surface area contributed by atoms with Crippen molar-refractivity contribution in [2.45, 2.75) is 13.5 Å². The fraction of sp³-hybridized carbons (Fsp3) is 0.364. The fourth-order valence-electron chi connectivity index (χ4n) is 1.60. The van der Waals surface area contributed by atoms with Gasteiger partial charge in [-0.3, -0.25) is 4.68 Å². The molecule has 6 nitrogen and oxygen atoms in total. The monoisotopic (exact) mass is 233 g/mol. The number of hydrogen-bond donors (Lipinski definition) is 1. The Morgan fingerprint density at radius 3 is 3.06 bits per heavy atom. The van der Waals surface area contributed by atoms with E-state index in [0.717, 1.165) is 17.0 Å². The van der Waals surface area contributed by atoms with Gasteiger partial charge in [-0.15, -0.1) is 0 Å². The molecule has 0 unspecified atom stereocenters. The molecule has 0 aromatic carbocycles. The minimum absolute atomic E-state index is 0.269. The van der Waals surface area contributed by atoms with E-state index in [-0.39, 0.29) is 5.95 Å². The van der Waals surface area contributed by atoms with Gasteiger partial charge in [0.2, 0.25) is 5.95 Å². The van der Waals surface area contributed by atoms with Gasteiger partial charge in [0.25, 0.3) is 0 Å². The molecule has 0 aliphatic heterocycles. The number of ether oxygens (including phenoxy) is 1. The number of anilines is 1. The van der Waals surface area contributed by atoms with Crippen LogP contribution in [0.25, 0.3) is 11.4 Å². The molecule has 17 heavy (non-hydrogen) atoms. The third-order valence-corrected chi connectivity index (χ3v) is 2.46. The second kappa shape index (κ2) is 4.92. The summed E-state index contributed by atoms with van der Waals surface area (Å²) in [5.41, 5.74) is 8.31. The standard InChI is InChI=1S/C11H15N5O/c1-8-7-13-11(12)15-10(8)9-3-4-14-16(9)5-6-17-2/h3-4,7H,5-6H2,1-2H3,(H2,12,13,15). The van der Waals surface area contributed by atoms with E-state index in [1.54, 1.807) is 19.5 Å². The van der Waals surface area contributed by atoms with Crippen LogP contribution < -0.4 is 5.73 Å². The van der Waals surface area contributed by atoms with Crippen molar-refractivity contribution in [2.75, 3.05) is 19.5 Å². The third-order valence-electron chi connectivity index (χ3n) is 2.46. The summed E-state index contributed by atoms with van der Waals surface area (Å²) < 4.78 is 6.89. The Hall–Kier alpha value is -1.95. The largest absolute Gasteiger partial charge is 0.383 e. The van der Waals surface area contributed by atoms with Gasteiger partial charge in [0.15, 0.2) is 0 Å². The van der Waals surface area contributed by atoms with Crippen LogP contribution in [0.15, 0.2) is 18.5 Å². The van der Waals surface area contributed by atoms with Gasteiger partial charge in [-0.05, 0) is 18.6 Å². The summed E-state index contributed by atoms with van der Waals surface area (Å²) in [4.78, 5) is 8.20. The molecule has 0 atom stereocenters. The maximum absolute atomic E-state index is 5.61. The summed E-state index contributed by atoms with van der Waals surface area (Å²) in [6.45, 7) is 3.24. The second-order valence-corrected chi connectivity index (χ2v) is 3.69. The molecule has 0 aliphatic carbocycles. The number of rotatable bonds is 4. The minimum atomic E-state index is 0.269. The Bertz CT molecular complexity index is 508. The molecule has 0 bridgehead atoms. The topological polar surface area (TPSA) is 78.8 Å². The third kappa shape index (κ3) is 2.42. The van der Waals surface area contributed by atoms with Crippen molar-refractivity contribution < 1.29 is 4.74 Å². The van der Waals surface area contributed by atoms with E-state index in [2.05, 4.69) is 15.1 Å². The van der Waals surface area contributed by atoms with Crippen LogP contribution in [0.2, 0.25) is 0 Å². The van der Waals surface area contributed by atoms with Gasteiger partial charge in [-0.2, -0.15) is 5.10 Å². The summed E-state index contributed by atoms with van der Waals surface area (Å²) in [7, 11) is 1.66. The van der Waals surface area contributed by atoms with Crippen LogP contribution in [0.1, 0.15) is 5.56 Å². The predicted molar refractivity (Wildman–Crippen MR) is 64.3 cm³/mol. The lowest BCUT2D eigenvalue weighted by molar-refractivity contribution is 0.184. The molecule has 6 heteroatoms. The van der Waals surface area contributed by atoms with Crippen molar-refractivity contribution in [3.05, 3.63) is 24.0 Å². The van der Waals surface area contributed by atoms with Gasteiger partial charge in [0.1, 0.15) is 0 Å². The molecule has 0 saturated heterocycles. The summed E-state index contributed by atoms with van der Waals surface area (Å²) in [5, 5.41) is 4.24. The van der Waals surface area contributed by atoms with Gasteiger partial charge in [0, 0.05) is 19.5 Å². The number of aryl methyl sites for hydroxylation is 1. The molecule has 0 spiro atoms. The average Bonchev–Trinajstić information content (AvgIpc) is 2.77. The number of nitrogen functional groups attached to an aromatic ring is 1. The Morgan fingerprint density at radius 2 is 2.29 bits per heavy atom. The first kappa shape index (κ1) is 11.5.